The van der Waals surface area contributed by atoms with E-state index in [1.165, 1.54) is 103 Å². The predicted molar refractivity (Wildman–Crippen MR) is 159 cm³/mol. The van der Waals surface area contributed by atoms with Crippen LogP contribution >= 0.6 is 0 Å². The van der Waals surface area contributed by atoms with E-state index in [-0.39, 0.29) is 5.97 Å². The van der Waals surface area contributed by atoms with Crippen molar-refractivity contribution >= 4 is 11.9 Å². The lowest BCUT2D eigenvalue weighted by Gasteiger charge is -2.24. The Kier molecular flexibility index (Phi) is 20.9. The maximum Gasteiger partial charge on any atom is 0.336 e. The van der Waals surface area contributed by atoms with Gasteiger partial charge in [-0.2, -0.15) is 0 Å². The third-order valence-electron chi connectivity index (χ3n) is 7.46. The number of nitrogens with one attached hydrogen (secondary N) is 1. The summed E-state index contributed by atoms with van der Waals surface area (Å²) in [6.45, 7) is 9.04. The molecule has 0 aliphatic carbocycles. The Morgan fingerprint density at radius 1 is 0.632 bits per heavy atom. The molecule has 0 aromatic heterocycles. The first-order chi connectivity index (χ1) is 18.5. The number of esters is 2. The molecule has 0 bridgehead atoms. The number of ether oxygens (including phenoxy) is 2. The Labute approximate surface area is 234 Å². The standard InChI is InChI=1S/C33H59NO4/c1-5-7-9-11-13-15-17-19-21-23-25-37-32(35)30-27-28(3)34-29(4)31(30)33(36)38-26-24-22-20-18-16-14-12-10-8-6-2/h27,30,34H,5-26H2,1-4H3. The summed E-state index contributed by atoms with van der Waals surface area (Å²) in [6, 6.07) is 0. The Morgan fingerprint density at radius 3 is 1.47 bits per heavy atom. The SMILES string of the molecule is CCCCCCCCCCCCOC(=O)C1=C(C)NC(C)=CC1C(=O)OCCCCCCCCCCCC. The van der Waals surface area contributed by atoms with Crippen molar-refractivity contribution in [3.63, 3.8) is 0 Å². The molecule has 0 spiro atoms. The summed E-state index contributed by atoms with van der Waals surface area (Å²) in [5, 5.41) is 3.18. The lowest BCUT2D eigenvalue weighted by atomic mass is 9.93. The van der Waals surface area contributed by atoms with Crippen LogP contribution in [0, 0.1) is 5.92 Å². The van der Waals surface area contributed by atoms with Gasteiger partial charge in [-0.3, -0.25) is 4.79 Å². The van der Waals surface area contributed by atoms with E-state index in [2.05, 4.69) is 19.2 Å². The fourth-order valence-electron chi connectivity index (χ4n) is 5.12. The van der Waals surface area contributed by atoms with Gasteiger partial charge >= 0.3 is 11.9 Å². The molecule has 1 unspecified atom stereocenters. The van der Waals surface area contributed by atoms with Gasteiger partial charge in [-0.1, -0.05) is 129 Å². The second-order valence-corrected chi connectivity index (χ2v) is 11.2. The third-order valence-corrected chi connectivity index (χ3v) is 7.46. The van der Waals surface area contributed by atoms with Gasteiger partial charge in [-0.05, 0) is 32.8 Å². The van der Waals surface area contributed by atoms with E-state index in [0.717, 1.165) is 31.4 Å². The topological polar surface area (TPSA) is 64.6 Å². The fraction of sp³-hybridized carbons (Fsp3) is 0.818. The van der Waals surface area contributed by atoms with Crippen LogP contribution in [0.1, 0.15) is 156 Å². The number of carbonyl (C=O) groups is 2. The number of allylic oxidation sites excluding steroid dienone is 2. The summed E-state index contributed by atoms with van der Waals surface area (Å²) in [6.07, 6.45) is 26.5. The van der Waals surface area contributed by atoms with Crippen LogP contribution in [-0.4, -0.2) is 25.2 Å². The van der Waals surface area contributed by atoms with Crippen LogP contribution in [0.15, 0.2) is 23.0 Å². The molecule has 5 nitrogen and oxygen atoms in total. The van der Waals surface area contributed by atoms with E-state index in [9.17, 15) is 9.59 Å². The summed E-state index contributed by atoms with van der Waals surface area (Å²) >= 11 is 0. The van der Waals surface area contributed by atoms with Crippen LogP contribution in [0.3, 0.4) is 0 Å². The minimum absolute atomic E-state index is 0.355. The van der Waals surface area contributed by atoms with Gasteiger partial charge in [0.05, 0.1) is 18.8 Å². The minimum atomic E-state index is -0.695. The molecule has 1 rings (SSSR count). The summed E-state index contributed by atoms with van der Waals surface area (Å²) < 4.78 is 11.2. The number of rotatable bonds is 24. The van der Waals surface area contributed by atoms with Crippen LogP contribution in [-0.2, 0) is 19.1 Å². The van der Waals surface area contributed by atoms with Crippen molar-refractivity contribution < 1.29 is 19.1 Å². The fourth-order valence-corrected chi connectivity index (χ4v) is 5.12. The van der Waals surface area contributed by atoms with Crippen molar-refractivity contribution in [2.75, 3.05) is 13.2 Å². The molecule has 0 aromatic rings. The highest BCUT2D eigenvalue weighted by molar-refractivity contribution is 5.97. The number of hydrogen-bond acceptors (Lipinski definition) is 5. The van der Waals surface area contributed by atoms with Gasteiger partial charge in [0, 0.05) is 11.4 Å². The maximum atomic E-state index is 12.9. The van der Waals surface area contributed by atoms with Crippen LogP contribution in [0.5, 0.6) is 0 Å². The van der Waals surface area contributed by atoms with E-state index in [1.54, 1.807) is 6.08 Å². The Hall–Kier alpha value is -1.78. The van der Waals surface area contributed by atoms with Crippen molar-refractivity contribution in [1.29, 1.82) is 0 Å². The Balaban J connectivity index is 2.26. The van der Waals surface area contributed by atoms with E-state index in [0.29, 0.717) is 24.5 Å². The third kappa shape index (κ3) is 16.2. The van der Waals surface area contributed by atoms with Gasteiger partial charge in [-0.15, -0.1) is 0 Å². The van der Waals surface area contributed by atoms with E-state index >= 15 is 0 Å². The average Bonchev–Trinajstić information content (AvgIpc) is 2.89. The number of hydrogen-bond donors (Lipinski definition) is 1. The van der Waals surface area contributed by atoms with Gasteiger partial charge < -0.3 is 14.8 Å². The normalized spacial score (nSPS) is 15.3. The molecule has 220 valence electrons. The van der Waals surface area contributed by atoms with Crippen molar-refractivity contribution in [1.82, 2.24) is 5.32 Å². The molecule has 1 aliphatic heterocycles. The summed E-state index contributed by atoms with van der Waals surface area (Å²) in [7, 11) is 0. The summed E-state index contributed by atoms with van der Waals surface area (Å²) in [5.41, 5.74) is 1.92. The predicted octanol–water partition coefficient (Wildman–Crippen LogP) is 9.31. The number of unbranched alkanes of at least 4 members (excludes halogenated alkanes) is 18. The van der Waals surface area contributed by atoms with Crippen LogP contribution < -0.4 is 5.32 Å². The highest BCUT2D eigenvalue weighted by atomic mass is 16.5. The molecule has 0 saturated heterocycles. The molecule has 0 saturated carbocycles. The molecule has 1 aliphatic rings. The highest BCUT2D eigenvalue weighted by Gasteiger charge is 2.33. The van der Waals surface area contributed by atoms with Crippen molar-refractivity contribution in [2.24, 2.45) is 5.92 Å². The van der Waals surface area contributed by atoms with Crippen LogP contribution in [0.25, 0.3) is 0 Å². The molecule has 0 aromatic carbocycles. The van der Waals surface area contributed by atoms with Gasteiger partial charge in [0.1, 0.15) is 5.92 Å². The lowest BCUT2D eigenvalue weighted by molar-refractivity contribution is -0.149. The number of dihydropyridines is 1. The second kappa shape index (κ2) is 23.1. The Morgan fingerprint density at radius 2 is 1.03 bits per heavy atom. The number of carbonyl (C=O) groups excluding carboxylic acids is 2. The molecule has 38 heavy (non-hydrogen) atoms. The average molecular weight is 534 g/mol. The lowest BCUT2D eigenvalue weighted by Crippen LogP contribution is -2.32. The van der Waals surface area contributed by atoms with Gasteiger partial charge in [0.2, 0.25) is 0 Å². The molecule has 0 fully saturated rings. The summed E-state index contributed by atoms with van der Waals surface area (Å²) in [4.78, 5) is 25.8. The van der Waals surface area contributed by atoms with E-state index in [1.807, 2.05) is 13.8 Å². The van der Waals surface area contributed by atoms with Crippen molar-refractivity contribution in [3.8, 4) is 0 Å². The molecule has 5 heteroatoms. The van der Waals surface area contributed by atoms with Gasteiger partial charge in [-0.25, -0.2) is 4.79 Å². The monoisotopic (exact) mass is 533 g/mol. The molecule has 1 atom stereocenters. The van der Waals surface area contributed by atoms with E-state index < -0.39 is 11.9 Å². The molecular formula is C33H59NO4. The first kappa shape index (κ1) is 34.2. The van der Waals surface area contributed by atoms with Crippen LogP contribution in [0.2, 0.25) is 0 Å². The molecule has 1 N–H and O–H groups in total. The van der Waals surface area contributed by atoms with Crippen molar-refractivity contribution in [2.45, 2.75) is 156 Å². The van der Waals surface area contributed by atoms with Gasteiger partial charge in [0.25, 0.3) is 0 Å². The van der Waals surface area contributed by atoms with Gasteiger partial charge in [0.15, 0.2) is 0 Å². The zero-order valence-corrected chi connectivity index (χ0v) is 25.3. The molecule has 0 amide bonds. The zero-order chi connectivity index (χ0) is 27.8. The molecule has 0 radical (unpaired) electrons. The first-order valence-corrected chi connectivity index (χ1v) is 16.0. The van der Waals surface area contributed by atoms with E-state index in [4.69, 9.17) is 9.47 Å². The molecule has 1 heterocycles. The largest absolute Gasteiger partial charge is 0.465 e. The first-order valence-electron chi connectivity index (χ1n) is 16.0. The van der Waals surface area contributed by atoms with Crippen molar-refractivity contribution in [3.05, 3.63) is 23.0 Å². The zero-order valence-electron chi connectivity index (χ0n) is 25.3. The molecular weight excluding hydrogens is 474 g/mol. The second-order valence-electron chi connectivity index (χ2n) is 11.2. The Bertz CT molecular complexity index is 697. The van der Waals surface area contributed by atoms with Crippen LogP contribution in [0.4, 0.5) is 0 Å². The highest BCUT2D eigenvalue weighted by Crippen LogP contribution is 2.25. The maximum absolute atomic E-state index is 12.9. The summed E-state index contributed by atoms with van der Waals surface area (Å²) in [5.74, 6) is -1.46. The smallest absolute Gasteiger partial charge is 0.336 e. The minimum Gasteiger partial charge on any atom is -0.465 e. The quantitative estimate of drug-likeness (QED) is 0.0989.